The van der Waals surface area contributed by atoms with E-state index >= 15 is 0 Å². The van der Waals surface area contributed by atoms with Gasteiger partial charge in [-0.3, -0.25) is 9.69 Å². The van der Waals surface area contributed by atoms with Crippen LogP contribution in [-0.4, -0.2) is 51.1 Å². The molecule has 0 atom stereocenters. The average Bonchev–Trinajstić information content (AvgIpc) is 2.49. The van der Waals surface area contributed by atoms with Gasteiger partial charge >= 0.3 is 0 Å². The van der Waals surface area contributed by atoms with E-state index in [0.29, 0.717) is 6.54 Å². The van der Waals surface area contributed by atoms with Crippen molar-refractivity contribution in [3.63, 3.8) is 0 Å². The molecule has 1 fully saturated rings. The third kappa shape index (κ3) is 5.83. The normalized spacial score (nSPS) is 15.9. The van der Waals surface area contributed by atoms with Crippen LogP contribution in [0, 0.1) is 5.92 Å². The van der Waals surface area contributed by atoms with Crippen LogP contribution in [0.4, 0.5) is 5.69 Å². The van der Waals surface area contributed by atoms with Crippen molar-refractivity contribution in [2.24, 2.45) is 5.92 Å². The molecule has 22 heavy (non-hydrogen) atoms. The molecule has 0 aromatic heterocycles. The molecule has 1 amide bonds. The molecule has 1 saturated heterocycles. The second-order valence-corrected chi connectivity index (χ2v) is 5.56. The number of likely N-dealkylation sites (tertiary alicyclic amines) is 1. The Bertz CT molecular complexity index is 462. The van der Waals surface area contributed by atoms with Crippen molar-refractivity contribution in [2.45, 2.75) is 12.8 Å². The van der Waals surface area contributed by atoms with Gasteiger partial charge in [-0.15, -0.1) is 12.4 Å². The summed E-state index contributed by atoms with van der Waals surface area (Å²) in [7, 11) is 3.62. The molecule has 2 N–H and O–H groups in total. The van der Waals surface area contributed by atoms with E-state index in [-0.39, 0.29) is 18.3 Å². The molecule has 6 heteroatoms. The number of carbonyl (C=O) groups is 1. The van der Waals surface area contributed by atoms with Gasteiger partial charge in [0.15, 0.2) is 0 Å². The number of ether oxygens (including phenoxy) is 1. The number of methoxy groups -OCH3 is 1. The number of nitrogens with zero attached hydrogens (tertiary/aromatic N) is 1. The number of benzene rings is 1. The van der Waals surface area contributed by atoms with Gasteiger partial charge in [0, 0.05) is 11.8 Å². The summed E-state index contributed by atoms with van der Waals surface area (Å²) >= 11 is 0. The quantitative estimate of drug-likeness (QED) is 0.839. The van der Waals surface area contributed by atoms with E-state index < -0.39 is 0 Å². The van der Waals surface area contributed by atoms with Crippen molar-refractivity contribution in [3.8, 4) is 5.75 Å². The fourth-order valence-electron chi connectivity index (χ4n) is 2.74. The van der Waals surface area contributed by atoms with E-state index in [1.807, 2.05) is 31.3 Å². The van der Waals surface area contributed by atoms with Gasteiger partial charge in [-0.1, -0.05) is 6.07 Å². The van der Waals surface area contributed by atoms with Gasteiger partial charge in [-0.2, -0.15) is 0 Å². The van der Waals surface area contributed by atoms with Crippen LogP contribution in [0.15, 0.2) is 24.3 Å². The number of anilines is 1. The first-order valence-electron chi connectivity index (χ1n) is 7.52. The average molecular weight is 328 g/mol. The van der Waals surface area contributed by atoms with Crippen molar-refractivity contribution in [3.05, 3.63) is 24.3 Å². The minimum Gasteiger partial charge on any atom is -0.497 e. The lowest BCUT2D eigenvalue weighted by Crippen LogP contribution is -2.40. The highest BCUT2D eigenvalue weighted by Crippen LogP contribution is 2.18. The molecule has 124 valence electrons. The number of hydrogen-bond acceptors (Lipinski definition) is 4. The third-order valence-electron chi connectivity index (χ3n) is 3.92. The van der Waals surface area contributed by atoms with Gasteiger partial charge in [0.1, 0.15) is 5.75 Å². The highest BCUT2D eigenvalue weighted by atomic mass is 35.5. The lowest BCUT2D eigenvalue weighted by molar-refractivity contribution is -0.117. The standard InChI is InChI=1S/C16H25N3O2.ClH/c1-17-11-13-6-8-19(9-7-13)12-16(20)18-14-4-3-5-15(10-14)21-2;/h3-5,10,13,17H,6-9,11-12H2,1-2H3,(H,18,20);1H. The van der Waals surface area contributed by atoms with Gasteiger partial charge in [0.25, 0.3) is 0 Å². The summed E-state index contributed by atoms with van der Waals surface area (Å²) in [4.78, 5) is 14.3. The molecule has 1 aliphatic heterocycles. The van der Waals surface area contributed by atoms with Gasteiger partial charge in [-0.05, 0) is 57.6 Å². The van der Waals surface area contributed by atoms with Crippen LogP contribution in [-0.2, 0) is 4.79 Å². The molecule has 0 saturated carbocycles. The minimum absolute atomic E-state index is 0. The molecule has 1 aromatic rings. The Morgan fingerprint density at radius 1 is 1.36 bits per heavy atom. The van der Waals surface area contributed by atoms with Gasteiger partial charge in [0.05, 0.1) is 13.7 Å². The molecule has 0 radical (unpaired) electrons. The van der Waals surface area contributed by atoms with E-state index in [9.17, 15) is 4.79 Å². The summed E-state index contributed by atoms with van der Waals surface area (Å²) in [6.45, 7) is 3.53. The number of rotatable bonds is 6. The summed E-state index contributed by atoms with van der Waals surface area (Å²) in [6, 6.07) is 7.44. The number of nitrogens with one attached hydrogen (secondary N) is 2. The number of carbonyl (C=O) groups excluding carboxylic acids is 1. The Labute approximate surface area is 138 Å². The lowest BCUT2D eigenvalue weighted by Gasteiger charge is -2.31. The molecule has 0 spiro atoms. The van der Waals surface area contributed by atoms with Crippen LogP contribution in [0.2, 0.25) is 0 Å². The molecule has 0 aliphatic carbocycles. The zero-order valence-corrected chi connectivity index (χ0v) is 14.1. The predicted octanol–water partition coefficient (Wildman–Crippen LogP) is 1.99. The van der Waals surface area contributed by atoms with Gasteiger partial charge < -0.3 is 15.4 Å². The maximum atomic E-state index is 12.1. The second-order valence-electron chi connectivity index (χ2n) is 5.56. The van der Waals surface area contributed by atoms with E-state index in [4.69, 9.17) is 4.74 Å². The van der Waals surface area contributed by atoms with E-state index in [1.165, 1.54) is 0 Å². The molecule has 2 rings (SSSR count). The first-order valence-corrected chi connectivity index (χ1v) is 7.52. The number of halogens is 1. The van der Waals surface area contributed by atoms with E-state index in [2.05, 4.69) is 15.5 Å². The van der Waals surface area contributed by atoms with Crippen molar-refractivity contribution in [2.75, 3.05) is 45.7 Å². The summed E-state index contributed by atoms with van der Waals surface area (Å²) in [6.07, 6.45) is 2.32. The van der Waals surface area contributed by atoms with E-state index in [1.54, 1.807) is 7.11 Å². The van der Waals surface area contributed by atoms with Crippen molar-refractivity contribution in [1.82, 2.24) is 10.2 Å². The Hall–Kier alpha value is -1.30. The predicted molar refractivity (Wildman–Crippen MR) is 92.0 cm³/mol. The Balaban J connectivity index is 0.00000242. The highest BCUT2D eigenvalue weighted by Gasteiger charge is 2.20. The summed E-state index contributed by atoms with van der Waals surface area (Å²) in [5, 5.41) is 6.15. The maximum absolute atomic E-state index is 12.1. The summed E-state index contributed by atoms with van der Waals surface area (Å²) in [5.41, 5.74) is 0.782. The lowest BCUT2D eigenvalue weighted by atomic mass is 9.97. The van der Waals surface area contributed by atoms with Crippen LogP contribution in [0.1, 0.15) is 12.8 Å². The van der Waals surface area contributed by atoms with Crippen molar-refractivity contribution >= 4 is 24.0 Å². The maximum Gasteiger partial charge on any atom is 0.238 e. The molecule has 0 unspecified atom stereocenters. The Morgan fingerprint density at radius 3 is 2.73 bits per heavy atom. The van der Waals surface area contributed by atoms with Crippen molar-refractivity contribution < 1.29 is 9.53 Å². The van der Waals surface area contributed by atoms with Gasteiger partial charge in [0.2, 0.25) is 5.91 Å². The zero-order valence-electron chi connectivity index (χ0n) is 13.3. The first kappa shape index (κ1) is 18.7. The number of piperidine rings is 1. The largest absolute Gasteiger partial charge is 0.497 e. The molecule has 0 bridgehead atoms. The second kappa shape index (κ2) is 9.66. The molecule has 1 aliphatic rings. The molecular formula is C16H26ClN3O2. The van der Waals surface area contributed by atoms with E-state index in [0.717, 1.165) is 49.8 Å². The van der Waals surface area contributed by atoms with Crippen LogP contribution >= 0.6 is 12.4 Å². The molecule has 1 heterocycles. The molecule has 5 nitrogen and oxygen atoms in total. The van der Waals surface area contributed by atoms with Gasteiger partial charge in [-0.25, -0.2) is 0 Å². The van der Waals surface area contributed by atoms with Crippen LogP contribution < -0.4 is 15.4 Å². The topological polar surface area (TPSA) is 53.6 Å². The Morgan fingerprint density at radius 2 is 2.09 bits per heavy atom. The number of hydrogen-bond donors (Lipinski definition) is 2. The third-order valence-corrected chi connectivity index (χ3v) is 3.92. The smallest absolute Gasteiger partial charge is 0.238 e. The van der Waals surface area contributed by atoms with Crippen molar-refractivity contribution in [1.29, 1.82) is 0 Å². The fourth-order valence-corrected chi connectivity index (χ4v) is 2.74. The summed E-state index contributed by atoms with van der Waals surface area (Å²) in [5.74, 6) is 1.53. The van der Waals surface area contributed by atoms with Crippen LogP contribution in [0.3, 0.4) is 0 Å². The Kier molecular flexibility index (Phi) is 8.24. The highest BCUT2D eigenvalue weighted by molar-refractivity contribution is 5.92. The minimum atomic E-state index is 0. The van der Waals surface area contributed by atoms with Crippen LogP contribution in [0.5, 0.6) is 5.75 Å². The fraction of sp³-hybridized carbons (Fsp3) is 0.562. The monoisotopic (exact) mass is 327 g/mol. The summed E-state index contributed by atoms with van der Waals surface area (Å²) < 4.78 is 5.15. The number of amides is 1. The SMILES string of the molecule is CNCC1CCN(CC(=O)Nc2cccc(OC)c2)CC1.Cl. The molecular weight excluding hydrogens is 302 g/mol. The van der Waals surface area contributed by atoms with Crippen LogP contribution in [0.25, 0.3) is 0 Å². The molecule has 1 aromatic carbocycles. The zero-order chi connectivity index (χ0) is 15.1. The first-order chi connectivity index (χ1) is 10.2.